The second-order valence-corrected chi connectivity index (χ2v) is 10.4. The third kappa shape index (κ3) is 6.98. The second kappa shape index (κ2) is 11.5. The van der Waals surface area contributed by atoms with Gasteiger partial charge in [-0.3, -0.25) is 4.90 Å². The van der Waals surface area contributed by atoms with Crippen molar-refractivity contribution in [1.29, 1.82) is 0 Å². The van der Waals surface area contributed by atoms with Crippen LogP contribution >= 0.6 is 0 Å². The van der Waals surface area contributed by atoms with Crippen LogP contribution < -0.4 is 4.90 Å². The van der Waals surface area contributed by atoms with Gasteiger partial charge >= 0.3 is 18.4 Å². The normalized spacial score (nSPS) is 14.6. The highest BCUT2D eigenvalue weighted by Gasteiger charge is 2.37. The summed E-state index contributed by atoms with van der Waals surface area (Å²) >= 11 is 0. The Hall–Kier alpha value is -3.50. The van der Waals surface area contributed by atoms with E-state index in [2.05, 4.69) is 4.90 Å². The molecule has 0 spiro atoms. The van der Waals surface area contributed by atoms with Gasteiger partial charge in [0.05, 0.1) is 23.2 Å². The number of hydrogen-bond donors (Lipinski definition) is 1. The Morgan fingerprint density at radius 3 is 2.12 bits per heavy atom. The van der Waals surface area contributed by atoms with Crippen molar-refractivity contribution < 1.29 is 36.2 Å². The molecular weight excluding hydrogens is 536 g/mol. The van der Waals surface area contributed by atoms with Gasteiger partial charge < -0.3 is 10.0 Å². The first-order valence-corrected chi connectivity index (χ1v) is 13.2. The summed E-state index contributed by atoms with van der Waals surface area (Å²) in [5.74, 6) is 1.03. The number of rotatable bonds is 8. The zero-order chi connectivity index (χ0) is 29.2. The smallest absolute Gasteiger partial charge is 0.416 e. The zero-order valence-corrected chi connectivity index (χ0v) is 22.2. The largest absolute Gasteiger partial charge is 0.465 e. The Kier molecular flexibility index (Phi) is 8.51. The molecule has 0 radical (unpaired) electrons. The quantitative estimate of drug-likeness (QED) is 0.278. The fourth-order valence-corrected chi connectivity index (χ4v) is 5.32. The molecule has 1 heterocycles. The Bertz CT molecular complexity index is 1330. The van der Waals surface area contributed by atoms with Crippen LogP contribution in [0.5, 0.6) is 0 Å². The van der Waals surface area contributed by atoms with Crippen LogP contribution in [0.15, 0.2) is 42.5 Å². The average molecular weight is 568 g/mol. The molecule has 3 aromatic rings. The first-order valence-electron chi connectivity index (χ1n) is 13.2. The van der Waals surface area contributed by atoms with Gasteiger partial charge in [-0.2, -0.15) is 26.3 Å². The van der Waals surface area contributed by atoms with Crippen molar-refractivity contribution in [2.24, 2.45) is 5.92 Å². The van der Waals surface area contributed by atoms with E-state index in [-0.39, 0.29) is 12.6 Å². The monoisotopic (exact) mass is 567 g/mol. The Morgan fingerprint density at radius 1 is 0.950 bits per heavy atom. The van der Waals surface area contributed by atoms with Crippen LogP contribution in [0.3, 0.4) is 0 Å². The number of anilines is 1. The lowest BCUT2D eigenvalue weighted by Gasteiger charge is -2.29. The molecule has 0 aliphatic heterocycles. The Morgan fingerprint density at radius 2 is 1.57 bits per heavy atom. The maximum absolute atomic E-state index is 13.4. The number of alkyl halides is 6. The molecule has 216 valence electrons. The molecule has 0 saturated heterocycles. The number of halogens is 6. The highest BCUT2D eigenvalue weighted by molar-refractivity contribution is 5.83. The molecule has 0 atom stereocenters. The lowest BCUT2D eigenvalue weighted by Crippen LogP contribution is -2.33. The number of carboxylic acid groups (broad SMARTS) is 1. The number of fused-ring (bicyclic) bond motifs is 1. The van der Waals surface area contributed by atoms with Gasteiger partial charge in [-0.05, 0) is 74.6 Å². The summed E-state index contributed by atoms with van der Waals surface area (Å²) in [5.41, 5.74) is -1.17. The summed E-state index contributed by atoms with van der Waals surface area (Å²) in [5, 5.41) is 10.7. The van der Waals surface area contributed by atoms with E-state index in [1.54, 1.807) is 0 Å². The average Bonchev–Trinajstić information content (AvgIpc) is 3.38. The molecule has 1 amide bonds. The second-order valence-electron chi connectivity index (χ2n) is 10.4. The van der Waals surface area contributed by atoms with Gasteiger partial charge in [0.25, 0.3) is 0 Å². The van der Waals surface area contributed by atoms with E-state index in [9.17, 15) is 36.2 Å². The number of hydrogen-bond acceptors (Lipinski definition) is 3. The molecule has 1 aromatic heterocycles. The molecule has 1 N–H and O–H groups in total. The third-order valence-electron chi connectivity index (χ3n) is 7.31. The molecule has 0 bridgehead atoms. The van der Waals surface area contributed by atoms with Crippen molar-refractivity contribution in [3.63, 3.8) is 0 Å². The molecular formula is C29H31F6N3O2. The summed E-state index contributed by atoms with van der Waals surface area (Å²) in [6.07, 6.45) is -7.08. The van der Waals surface area contributed by atoms with Crippen LogP contribution in [0.25, 0.3) is 10.9 Å². The van der Waals surface area contributed by atoms with Crippen molar-refractivity contribution in [1.82, 2.24) is 9.88 Å². The van der Waals surface area contributed by atoms with Gasteiger partial charge in [0.1, 0.15) is 5.82 Å². The summed E-state index contributed by atoms with van der Waals surface area (Å²) in [4.78, 5) is 20.0. The first-order chi connectivity index (χ1) is 18.7. The van der Waals surface area contributed by atoms with Crippen molar-refractivity contribution in [3.05, 3.63) is 70.3 Å². The molecule has 1 aliphatic rings. The predicted octanol–water partition coefficient (Wildman–Crippen LogP) is 8.28. The summed E-state index contributed by atoms with van der Waals surface area (Å²) in [6.45, 7) is 4.27. The molecule has 11 heteroatoms. The fraction of sp³-hybridized carbons (Fsp3) is 0.448. The molecule has 5 nitrogen and oxygen atoms in total. The van der Waals surface area contributed by atoms with Gasteiger partial charge in [0.2, 0.25) is 0 Å². The van der Waals surface area contributed by atoms with Crippen LogP contribution in [0.4, 0.5) is 37.0 Å². The lowest BCUT2D eigenvalue weighted by atomic mass is 10.0. The van der Waals surface area contributed by atoms with Gasteiger partial charge in [-0.25, -0.2) is 9.78 Å². The number of nitrogens with zero attached hydrogens (tertiary/aromatic N) is 3. The number of aromatic nitrogens is 1. The number of amides is 1. The summed E-state index contributed by atoms with van der Waals surface area (Å²) < 4.78 is 80.4. The van der Waals surface area contributed by atoms with Crippen molar-refractivity contribution in [2.75, 3.05) is 18.0 Å². The number of pyridine rings is 1. The molecule has 40 heavy (non-hydrogen) atoms. The van der Waals surface area contributed by atoms with Gasteiger partial charge in [0, 0.05) is 30.6 Å². The molecule has 0 unspecified atom stereocenters. The van der Waals surface area contributed by atoms with Crippen LogP contribution in [-0.4, -0.2) is 34.2 Å². The maximum atomic E-state index is 13.4. The van der Waals surface area contributed by atoms with Crippen LogP contribution in [0.1, 0.15) is 60.4 Å². The maximum Gasteiger partial charge on any atom is 0.416 e. The van der Waals surface area contributed by atoms with E-state index in [0.29, 0.717) is 41.5 Å². The highest BCUT2D eigenvalue weighted by atomic mass is 19.4. The predicted molar refractivity (Wildman–Crippen MR) is 140 cm³/mol. The van der Waals surface area contributed by atoms with Crippen molar-refractivity contribution >= 4 is 22.8 Å². The molecule has 4 rings (SSSR count). The zero-order valence-electron chi connectivity index (χ0n) is 22.2. The van der Waals surface area contributed by atoms with E-state index < -0.39 is 41.7 Å². The Balaban J connectivity index is 1.74. The molecule has 1 aliphatic carbocycles. The van der Waals surface area contributed by atoms with E-state index in [0.717, 1.165) is 48.1 Å². The van der Waals surface area contributed by atoms with Crippen molar-refractivity contribution in [2.45, 2.75) is 65.0 Å². The topological polar surface area (TPSA) is 56.7 Å². The van der Waals surface area contributed by atoms with Gasteiger partial charge in [-0.1, -0.05) is 24.5 Å². The van der Waals surface area contributed by atoms with Crippen LogP contribution in [-0.2, 0) is 25.4 Å². The Labute approximate surface area is 228 Å². The number of benzene rings is 2. The van der Waals surface area contributed by atoms with E-state index in [1.807, 2.05) is 38.1 Å². The first kappa shape index (κ1) is 29.5. The SMILES string of the molecule is CCN(CC1CCCC1)c1nc2ccc(C)cc2cc1CN(Cc1cc(C(F)(F)F)cc(C(F)(F)F)c1)C(=O)O. The number of carbonyl (C=O) groups is 1. The minimum absolute atomic E-state index is 0.0322. The lowest BCUT2D eigenvalue weighted by molar-refractivity contribution is -0.143. The van der Waals surface area contributed by atoms with Gasteiger partial charge in [0.15, 0.2) is 0 Å². The molecule has 1 fully saturated rings. The third-order valence-corrected chi connectivity index (χ3v) is 7.31. The molecule has 1 saturated carbocycles. The minimum Gasteiger partial charge on any atom is -0.465 e. The van der Waals surface area contributed by atoms with E-state index in [1.165, 1.54) is 0 Å². The van der Waals surface area contributed by atoms with Gasteiger partial charge in [-0.15, -0.1) is 0 Å². The number of aryl methyl sites for hydroxylation is 1. The van der Waals surface area contributed by atoms with Crippen LogP contribution in [0, 0.1) is 12.8 Å². The minimum atomic E-state index is -5.03. The van der Waals surface area contributed by atoms with E-state index in [4.69, 9.17) is 4.98 Å². The van der Waals surface area contributed by atoms with E-state index >= 15 is 0 Å². The van der Waals surface area contributed by atoms with Crippen molar-refractivity contribution in [3.8, 4) is 0 Å². The summed E-state index contributed by atoms with van der Waals surface area (Å²) in [7, 11) is 0. The standard InChI is InChI=1S/C29H31F6N3O2/c1-3-37(15-19-6-4-5-7-19)26-22(13-21-10-18(2)8-9-25(21)36-26)17-38(27(39)40)16-20-11-23(28(30,31)32)14-24(12-20)29(33,34)35/h8-14,19H,3-7,15-17H2,1-2H3,(H,39,40). The highest BCUT2D eigenvalue weighted by Crippen LogP contribution is 2.37. The summed E-state index contributed by atoms with van der Waals surface area (Å²) in [6, 6.07) is 8.66. The molecule has 2 aromatic carbocycles. The van der Waals surface area contributed by atoms with Crippen LogP contribution in [0.2, 0.25) is 0 Å². The fourth-order valence-electron chi connectivity index (χ4n) is 5.32.